The lowest BCUT2D eigenvalue weighted by Gasteiger charge is -2.08. The number of ether oxygens (including phenoxy) is 1. The summed E-state index contributed by atoms with van der Waals surface area (Å²) in [6.45, 7) is -1.56. The summed E-state index contributed by atoms with van der Waals surface area (Å²) in [6.07, 6.45) is 0.314. The molecule has 0 spiro atoms. The van der Waals surface area contributed by atoms with Gasteiger partial charge in [0.25, 0.3) is 0 Å². The number of hydrogen-bond donors (Lipinski definition) is 0. The van der Waals surface area contributed by atoms with E-state index in [1.165, 1.54) is 6.92 Å². The third-order valence-corrected chi connectivity index (χ3v) is 1.64. The lowest BCUT2D eigenvalue weighted by Crippen LogP contribution is -2.04. The van der Waals surface area contributed by atoms with Crippen LogP contribution in [-0.4, -0.2) is 12.9 Å². The topological polar surface area (TPSA) is 26.3 Å². The van der Waals surface area contributed by atoms with Gasteiger partial charge in [-0.05, 0) is 18.6 Å². The van der Waals surface area contributed by atoms with Crippen LogP contribution in [0.1, 0.15) is 15.9 Å². The fourth-order valence-corrected chi connectivity index (χ4v) is 0.999. The van der Waals surface area contributed by atoms with E-state index in [0.29, 0.717) is 6.29 Å². The van der Waals surface area contributed by atoms with Crippen LogP contribution in [0.15, 0.2) is 12.1 Å². The largest absolute Gasteiger partial charge is 0.434 e. The van der Waals surface area contributed by atoms with Crippen molar-refractivity contribution in [2.24, 2.45) is 0 Å². The van der Waals surface area contributed by atoms with Gasteiger partial charge in [0, 0.05) is 6.07 Å². The second-order valence-corrected chi connectivity index (χ2v) is 2.64. The van der Waals surface area contributed by atoms with E-state index in [1.807, 2.05) is 0 Å². The van der Waals surface area contributed by atoms with Crippen LogP contribution in [0.2, 0.25) is 0 Å². The number of aryl methyl sites for hydroxylation is 1. The van der Waals surface area contributed by atoms with Gasteiger partial charge in [0.15, 0.2) is 6.29 Å². The SMILES string of the molecule is Cc1cc(C=O)c(F)cc1OC(F)F. The molecule has 0 aliphatic rings. The molecule has 0 radical (unpaired) electrons. The predicted molar refractivity (Wildman–Crippen MR) is 43.2 cm³/mol. The summed E-state index contributed by atoms with van der Waals surface area (Å²) in [6, 6.07) is 1.92. The smallest absolute Gasteiger partial charge is 0.387 e. The molecule has 5 heteroatoms. The summed E-state index contributed by atoms with van der Waals surface area (Å²) in [7, 11) is 0. The summed E-state index contributed by atoms with van der Waals surface area (Å²) in [5.74, 6) is -1.13. The van der Waals surface area contributed by atoms with Crippen molar-refractivity contribution >= 4 is 6.29 Å². The normalized spacial score (nSPS) is 10.4. The van der Waals surface area contributed by atoms with E-state index in [-0.39, 0.29) is 16.9 Å². The van der Waals surface area contributed by atoms with Crippen molar-refractivity contribution in [3.63, 3.8) is 0 Å². The second-order valence-electron chi connectivity index (χ2n) is 2.64. The summed E-state index contributed by atoms with van der Waals surface area (Å²) in [5.41, 5.74) is 0.109. The number of rotatable bonds is 3. The van der Waals surface area contributed by atoms with Crippen molar-refractivity contribution in [3.8, 4) is 5.75 Å². The Morgan fingerprint density at radius 1 is 1.43 bits per heavy atom. The number of halogens is 3. The van der Waals surface area contributed by atoms with E-state index in [2.05, 4.69) is 4.74 Å². The molecule has 1 rings (SSSR count). The van der Waals surface area contributed by atoms with Crippen LogP contribution in [0.25, 0.3) is 0 Å². The molecule has 0 atom stereocenters. The van der Waals surface area contributed by atoms with Gasteiger partial charge in [-0.15, -0.1) is 0 Å². The molecule has 14 heavy (non-hydrogen) atoms. The van der Waals surface area contributed by atoms with Crippen LogP contribution in [-0.2, 0) is 0 Å². The minimum absolute atomic E-state index is 0.177. The molecular weight excluding hydrogens is 197 g/mol. The quantitative estimate of drug-likeness (QED) is 0.707. The Morgan fingerprint density at radius 3 is 2.57 bits per heavy atom. The molecule has 0 bridgehead atoms. The van der Waals surface area contributed by atoms with Crippen LogP contribution < -0.4 is 4.74 Å². The maximum absolute atomic E-state index is 12.9. The van der Waals surface area contributed by atoms with E-state index in [1.54, 1.807) is 0 Å². The zero-order chi connectivity index (χ0) is 10.7. The average molecular weight is 204 g/mol. The molecule has 0 N–H and O–H groups in total. The van der Waals surface area contributed by atoms with Crippen molar-refractivity contribution in [1.82, 2.24) is 0 Å². The molecular formula is C9H7F3O2. The van der Waals surface area contributed by atoms with E-state index in [9.17, 15) is 18.0 Å². The van der Waals surface area contributed by atoms with Gasteiger partial charge in [0.1, 0.15) is 11.6 Å². The van der Waals surface area contributed by atoms with Gasteiger partial charge in [-0.25, -0.2) is 4.39 Å². The summed E-state index contributed by atoms with van der Waals surface area (Å²) < 4.78 is 40.6. The summed E-state index contributed by atoms with van der Waals surface area (Å²) in [5, 5.41) is 0. The third-order valence-electron chi connectivity index (χ3n) is 1.64. The first-order valence-electron chi connectivity index (χ1n) is 3.74. The summed E-state index contributed by atoms with van der Waals surface area (Å²) in [4.78, 5) is 10.3. The highest BCUT2D eigenvalue weighted by atomic mass is 19.3. The Bertz CT molecular complexity index is 350. The first-order chi connectivity index (χ1) is 6.54. The molecule has 0 saturated carbocycles. The highest BCUT2D eigenvalue weighted by Crippen LogP contribution is 2.23. The Morgan fingerprint density at radius 2 is 2.07 bits per heavy atom. The summed E-state index contributed by atoms with van der Waals surface area (Å²) >= 11 is 0. The van der Waals surface area contributed by atoms with Crippen LogP contribution >= 0.6 is 0 Å². The maximum Gasteiger partial charge on any atom is 0.387 e. The number of hydrogen-bond acceptors (Lipinski definition) is 2. The van der Waals surface area contributed by atoms with Gasteiger partial charge < -0.3 is 4.74 Å². The van der Waals surface area contributed by atoms with Crippen LogP contribution in [0.4, 0.5) is 13.2 Å². The molecule has 2 nitrogen and oxygen atoms in total. The molecule has 76 valence electrons. The van der Waals surface area contributed by atoms with Crippen molar-refractivity contribution in [2.45, 2.75) is 13.5 Å². The van der Waals surface area contributed by atoms with Gasteiger partial charge in [-0.2, -0.15) is 8.78 Å². The number of benzene rings is 1. The fourth-order valence-electron chi connectivity index (χ4n) is 0.999. The number of alkyl halides is 2. The minimum atomic E-state index is -3.00. The second kappa shape index (κ2) is 4.13. The molecule has 1 aromatic rings. The van der Waals surface area contributed by atoms with Gasteiger partial charge >= 0.3 is 6.61 Å². The Kier molecular flexibility index (Phi) is 3.11. The number of carbonyl (C=O) groups is 1. The van der Waals surface area contributed by atoms with Gasteiger partial charge in [0.2, 0.25) is 0 Å². The zero-order valence-corrected chi connectivity index (χ0v) is 7.26. The Hall–Kier alpha value is -1.52. The predicted octanol–water partition coefficient (Wildman–Crippen LogP) is 2.55. The average Bonchev–Trinajstić information content (AvgIpc) is 2.10. The number of carbonyl (C=O) groups excluding carboxylic acids is 1. The highest BCUT2D eigenvalue weighted by molar-refractivity contribution is 5.76. The van der Waals surface area contributed by atoms with Crippen molar-refractivity contribution in [1.29, 1.82) is 0 Å². The Labute approximate surface area is 78.3 Å². The standard InChI is InChI=1S/C9H7F3O2/c1-5-2-6(4-13)7(10)3-8(5)14-9(11)12/h2-4,9H,1H3. The third kappa shape index (κ3) is 2.25. The van der Waals surface area contributed by atoms with E-state index >= 15 is 0 Å². The Balaban J connectivity index is 3.08. The molecule has 0 amide bonds. The minimum Gasteiger partial charge on any atom is -0.434 e. The molecule has 0 unspecified atom stereocenters. The van der Waals surface area contributed by atoms with Crippen molar-refractivity contribution in [3.05, 3.63) is 29.1 Å². The van der Waals surface area contributed by atoms with Crippen LogP contribution in [0, 0.1) is 12.7 Å². The molecule has 0 aliphatic carbocycles. The van der Waals surface area contributed by atoms with Crippen LogP contribution in [0.3, 0.4) is 0 Å². The van der Waals surface area contributed by atoms with Gasteiger partial charge in [0.05, 0.1) is 5.56 Å². The molecule has 1 aromatic carbocycles. The lowest BCUT2D eigenvalue weighted by atomic mass is 10.1. The molecule has 0 aromatic heterocycles. The fraction of sp³-hybridized carbons (Fsp3) is 0.222. The molecule has 0 heterocycles. The zero-order valence-electron chi connectivity index (χ0n) is 7.26. The van der Waals surface area contributed by atoms with E-state index < -0.39 is 12.4 Å². The van der Waals surface area contributed by atoms with Crippen molar-refractivity contribution < 1.29 is 22.7 Å². The lowest BCUT2D eigenvalue weighted by molar-refractivity contribution is -0.0504. The van der Waals surface area contributed by atoms with Gasteiger partial charge in [-0.1, -0.05) is 0 Å². The maximum atomic E-state index is 12.9. The van der Waals surface area contributed by atoms with Gasteiger partial charge in [-0.3, -0.25) is 4.79 Å². The first-order valence-corrected chi connectivity index (χ1v) is 3.74. The molecule has 0 aliphatic heterocycles. The van der Waals surface area contributed by atoms with E-state index in [0.717, 1.165) is 12.1 Å². The monoisotopic (exact) mass is 204 g/mol. The van der Waals surface area contributed by atoms with Crippen LogP contribution in [0.5, 0.6) is 5.75 Å². The molecule has 0 fully saturated rings. The number of aldehydes is 1. The highest BCUT2D eigenvalue weighted by Gasteiger charge is 2.11. The molecule has 0 saturated heterocycles. The first kappa shape index (κ1) is 10.6. The van der Waals surface area contributed by atoms with Crippen molar-refractivity contribution in [2.75, 3.05) is 0 Å². The van der Waals surface area contributed by atoms with E-state index in [4.69, 9.17) is 0 Å².